The molecule has 0 aromatic rings. The highest BCUT2D eigenvalue weighted by molar-refractivity contribution is 5.91. The number of carbonyl (C=O) groups excluding carboxylic acids is 2. The maximum atomic E-state index is 11.7. The molecule has 120 valence electrons. The van der Waals surface area contributed by atoms with Crippen LogP contribution in [0.4, 0.5) is 0 Å². The molecule has 0 radical (unpaired) electrons. The molecule has 0 unspecified atom stereocenters. The average molecular weight is 300 g/mol. The molecule has 0 saturated heterocycles. The van der Waals surface area contributed by atoms with E-state index in [4.69, 9.17) is 9.47 Å². The molecule has 4 atom stereocenters. The molecule has 0 spiro atoms. The average Bonchev–Trinajstić information content (AvgIpc) is 2.44. The van der Waals surface area contributed by atoms with Gasteiger partial charge < -0.3 is 19.7 Å². The van der Waals surface area contributed by atoms with Crippen molar-refractivity contribution in [3.8, 4) is 0 Å². The zero-order valence-electron chi connectivity index (χ0n) is 12.2. The van der Waals surface area contributed by atoms with E-state index in [1.165, 1.54) is 0 Å². The van der Waals surface area contributed by atoms with Gasteiger partial charge in [0.1, 0.15) is 18.6 Å². The first-order valence-electron chi connectivity index (χ1n) is 7.81. The molecule has 2 saturated carbocycles. The van der Waals surface area contributed by atoms with Gasteiger partial charge in [-0.25, -0.2) is 0 Å². The Kier molecular flexibility index (Phi) is 5.99. The smallest absolute Gasteiger partial charge is 0.317 e. The lowest BCUT2D eigenvalue weighted by Crippen LogP contribution is -2.36. The molecule has 6 heteroatoms. The fourth-order valence-electron chi connectivity index (χ4n) is 2.97. The van der Waals surface area contributed by atoms with E-state index in [0.717, 1.165) is 25.7 Å². The van der Waals surface area contributed by atoms with Crippen molar-refractivity contribution in [2.24, 2.45) is 0 Å². The molecule has 0 aromatic heterocycles. The Bertz CT molecular complexity index is 335. The minimum Gasteiger partial charge on any atom is -0.459 e. The van der Waals surface area contributed by atoms with E-state index in [-0.39, 0.29) is 0 Å². The number of hydrogen-bond donors (Lipinski definition) is 2. The van der Waals surface area contributed by atoms with E-state index in [1.807, 2.05) is 0 Å². The standard InChI is InChI=1S/C15H24O6/c16-10-5-1-3-7-12(10)20-14(18)9-15(19)21-13-8-4-2-6-11(13)17/h10-13,16-17H,1-9H2/t10-,11+,12+,13-. The van der Waals surface area contributed by atoms with Crippen molar-refractivity contribution >= 4 is 11.9 Å². The molecule has 0 bridgehead atoms. The fraction of sp³-hybridized carbons (Fsp3) is 0.867. The van der Waals surface area contributed by atoms with E-state index < -0.39 is 42.8 Å². The molecular weight excluding hydrogens is 276 g/mol. The zero-order valence-corrected chi connectivity index (χ0v) is 12.2. The van der Waals surface area contributed by atoms with Crippen LogP contribution in [0.1, 0.15) is 57.8 Å². The molecule has 2 rings (SSSR count). The van der Waals surface area contributed by atoms with Gasteiger partial charge in [0.15, 0.2) is 0 Å². The third-order valence-corrected chi connectivity index (χ3v) is 4.19. The third kappa shape index (κ3) is 4.97. The molecular formula is C15H24O6. The van der Waals surface area contributed by atoms with Crippen molar-refractivity contribution in [3.63, 3.8) is 0 Å². The van der Waals surface area contributed by atoms with Gasteiger partial charge in [0, 0.05) is 0 Å². The Balaban J connectivity index is 1.72. The van der Waals surface area contributed by atoms with Crippen LogP contribution in [-0.4, -0.2) is 46.6 Å². The fourth-order valence-corrected chi connectivity index (χ4v) is 2.97. The SMILES string of the molecule is O=C(CC(=O)O[C@@H]1CCCC[C@@H]1O)O[C@H]1CCCC[C@H]1O. The quantitative estimate of drug-likeness (QED) is 0.596. The Morgan fingerprint density at radius 1 is 0.762 bits per heavy atom. The van der Waals surface area contributed by atoms with E-state index in [0.29, 0.717) is 25.7 Å². The molecule has 0 heterocycles. The number of aliphatic hydroxyl groups is 2. The molecule has 2 aliphatic rings. The maximum absolute atomic E-state index is 11.7. The van der Waals surface area contributed by atoms with Gasteiger partial charge >= 0.3 is 11.9 Å². The van der Waals surface area contributed by atoms with Gasteiger partial charge in [-0.3, -0.25) is 9.59 Å². The highest BCUT2D eigenvalue weighted by Crippen LogP contribution is 2.23. The highest BCUT2D eigenvalue weighted by atomic mass is 16.6. The molecule has 2 aliphatic carbocycles. The van der Waals surface area contributed by atoms with Gasteiger partial charge in [-0.05, 0) is 38.5 Å². The molecule has 0 aliphatic heterocycles. The molecule has 6 nitrogen and oxygen atoms in total. The van der Waals surface area contributed by atoms with Crippen LogP contribution >= 0.6 is 0 Å². The second-order valence-electron chi connectivity index (χ2n) is 5.94. The van der Waals surface area contributed by atoms with E-state index in [2.05, 4.69) is 0 Å². The Hall–Kier alpha value is -1.14. The number of aliphatic hydroxyl groups excluding tert-OH is 2. The van der Waals surface area contributed by atoms with Gasteiger partial charge in [0.2, 0.25) is 0 Å². The first-order valence-corrected chi connectivity index (χ1v) is 7.81. The minimum absolute atomic E-state index is 0.466. The second kappa shape index (κ2) is 7.75. The summed E-state index contributed by atoms with van der Waals surface area (Å²) in [6.45, 7) is 0. The summed E-state index contributed by atoms with van der Waals surface area (Å²) in [4.78, 5) is 23.4. The van der Waals surface area contributed by atoms with Crippen molar-refractivity contribution in [1.29, 1.82) is 0 Å². The number of ether oxygens (including phenoxy) is 2. The Labute approximate surface area is 124 Å². The normalized spacial score (nSPS) is 33.2. The molecule has 21 heavy (non-hydrogen) atoms. The number of esters is 2. The summed E-state index contributed by atoms with van der Waals surface area (Å²) in [6.07, 6.45) is 3.40. The van der Waals surface area contributed by atoms with Gasteiger partial charge in [0.05, 0.1) is 12.2 Å². The van der Waals surface area contributed by atoms with E-state index in [9.17, 15) is 19.8 Å². The number of carbonyl (C=O) groups is 2. The Morgan fingerprint density at radius 2 is 1.14 bits per heavy atom. The van der Waals surface area contributed by atoms with Crippen LogP contribution in [0.25, 0.3) is 0 Å². The van der Waals surface area contributed by atoms with Crippen molar-refractivity contribution in [2.75, 3.05) is 0 Å². The Morgan fingerprint density at radius 3 is 1.52 bits per heavy atom. The summed E-state index contributed by atoms with van der Waals surface area (Å²) in [5, 5.41) is 19.4. The summed E-state index contributed by atoms with van der Waals surface area (Å²) in [7, 11) is 0. The topological polar surface area (TPSA) is 93.1 Å². The van der Waals surface area contributed by atoms with Crippen LogP contribution in [-0.2, 0) is 19.1 Å². The summed E-state index contributed by atoms with van der Waals surface area (Å²) in [6, 6.07) is 0. The summed E-state index contributed by atoms with van der Waals surface area (Å²) < 4.78 is 10.3. The number of rotatable bonds is 4. The van der Waals surface area contributed by atoms with Gasteiger partial charge in [-0.1, -0.05) is 12.8 Å². The largest absolute Gasteiger partial charge is 0.459 e. The van der Waals surface area contributed by atoms with Crippen LogP contribution in [0, 0.1) is 0 Å². The first-order chi connectivity index (χ1) is 10.1. The lowest BCUT2D eigenvalue weighted by molar-refractivity contribution is -0.169. The third-order valence-electron chi connectivity index (χ3n) is 4.19. The minimum atomic E-state index is -0.670. The molecule has 0 aromatic carbocycles. The van der Waals surface area contributed by atoms with Crippen molar-refractivity contribution in [1.82, 2.24) is 0 Å². The summed E-state index contributed by atoms with van der Waals surface area (Å²) >= 11 is 0. The van der Waals surface area contributed by atoms with Gasteiger partial charge in [0.25, 0.3) is 0 Å². The van der Waals surface area contributed by atoms with E-state index >= 15 is 0 Å². The van der Waals surface area contributed by atoms with Gasteiger partial charge in [-0.15, -0.1) is 0 Å². The predicted molar refractivity (Wildman–Crippen MR) is 73.3 cm³/mol. The summed E-state index contributed by atoms with van der Waals surface area (Å²) in [5.74, 6) is -1.34. The predicted octanol–water partition coefficient (Wildman–Crippen LogP) is 1.07. The lowest BCUT2D eigenvalue weighted by atomic mass is 9.95. The number of hydrogen-bond acceptors (Lipinski definition) is 6. The lowest BCUT2D eigenvalue weighted by Gasteiger charge is -2.28. The van der Waals surface area contributed by atoms with Crippen molar-refractivity contribution in [2.45, 2.75) is 82.2 Å². The first kappa shape index (κ1) is 16.2. The van der Waals surface area contributed by atoms with Crippen LogP contribution in [0.2, 0.25) is 0 Å². The van der Waals surface area contributed by atoms with Gasteiger partial charge in [-0.2, -0.15) is 0 Å². The van der Waals surface area contributed by atoms with Crippen molar-refractivity contribution < 1.29 is 29.3 Å². The van der Waals surface area contributed by atoms with Crippen LogP contribution in [0.15, 0.2) is 0 Å². The van der Waals surface area contributed by atoms with Crippen molar-refractivity contribution in [3.05, 3.63) is 0 Å². The second-order valence-corrected chi connectivity index (χ2v) is 5.94. The highest BCUT2D eigenvalue weighted by Gasteiger charge is 2.30. The molecule has 0 amide bonds. The molecule has 2 fully saturated rings. The maximum Gasteiger partial charge on any atom is 0.317 e. The van der Waals surface area contributed by atoms with Crippen LogP contribution < -0.4 is 0 Å². The zero-order chi connectivity index (χ0) is 15.2. The van der Waals surface area contributed by atoms with E-state index in [1.54, 1.807) is 0 Å². The summed E-state index contributed by atoms with van der Waals surface area (Å²) in [5.41, 5.74) is 0. The van der Waals surface area contributed by atoms with Crippen LogP contribution in [0.5, 0.6) is 0 Å². The monoisotopic (exact) mass is 300 g/mol. The van der Waals surface area contributed by atoms with Crippen LogP contribution in [0.3, 0.4) is 0 Å². The molecule has 2 N–H and O–H groups in total.